The molecule has 0 fully saturated rings. The van der Waals surface area contributed by atoms with Gasteiger partial charge in [-0.2, -0.15) is 0 Å². The lowest BCUT2D eigenvalue weighted by Gasteiger charge is -2.24. The number of carbonyl (C=O) groups is 3. The monoisotopic (exact) mass is 474 g/mol. The van der Waals surface area contributed by atoms with Crippen LogP contribution in [0.1, 0.15) is 17.5 Å². The molecule has 1 heterocycles. The summed E-state index contributed by atoms with van der Waals surface area (Å²) in [5.41, 5.74) is 13.0. The first-order chi connectivity index (χ1) is 16.1. The fourth-order valence-electron chi connectivity index (χ4n) is 3.74. The number of nitrogens with one attached hydrogen (secondary N) is 2. The number of phenols is 1. The molecule has 3 rings (SSSR count). The number of benzene rings is 2. The lowest BCUT2D eigenvalue weighted by molar-refractivity contribution is -0.142. The van der Waals surface area contributed by atoms with Crippen molar-refractivity contribution in [2.24, 2.45) is 11.5 Å². The molecular formula is C23H27FN4O6. The fourth-order valence-corrected chi connectivity index (χ4v) is 3.74. The van der Waals surface area contributed by atoms with Gasteiger partial charge in [-0.25, -0.2) is 9.18 Å². The highest BCUT2D eigenvalue weighted by molar-refractivity contribution is 5.92. The van der Waals surface area contributed by atoms with Gasteiger partial charge in [-0.1, -0.05) is 12.1 Å². The van der Waals surface area contributed by atoms with Crippen molar-refractivity contribution in [3.63, 3.8) is 0 Å². The SMILES string of the molecule is NC[C@H](O)C[C@@H]1NC(=O)[C@@H](N)Cc2cc(ccc2O)-c2ccc(F)c(c2)C[C@@H](C(=O)O)NC1=O. The summed E-state index contributed by atoms with van der Waals surface area (Å²) in [5, 5.41) is 34.5. The number of rotatable bonds is 4. The van der Waals surface area contributed by atoms with Gasteiger partial charge in [0.2, 0.25) is 11.8 Å². The van der Waals surface area contributed by atoms with E-state index in [1.165, 1.54) is 24.3 Å². The molecule has 4 atom stereocenters. The molecule has 0 spiro atoms. The molecule has 0 aromatic heterocycles. The van der Waals surface area contributed by atoms with Gasteiger partial charge in [-0.3, -0.25) is 9.59 Å². The molecule has 34 heavy (non-hydrogen) atoms. The van der Waals surface area contributed by atoms with E-state index < -0.39 is 47.8 Å². The predicted molar refractivity (Wildman–Crippen MR) is 120 cm³/mol. The summed E-state index contributed by atoms with van der Waals surface area (Å²) in [4.78, 5) is 37.4. The Balaban J connectivity index is 2.09. The Kier molecular flexibility index (Phi) is 7.82. The van der Waals surface area contributed by atoms with E-state index in [1.807, 2.05) is 0 Å². The molecule has 0 aliphatic carbocycles. The third kappa shape index (κ3) is 5.87. The van der Waals surface area contributed by atoms with Crippen LogP contribution in [0.5, 0.6) is 5.75 Å². The molecule has 2 aromatic carbocycles. The molecule has 11 heteroatoms. The predicted octanol–water partition coefficient (Wildman–Crippen LogP) is -0.612. The molecule has 0 saturated carbocycles. The normalized spacial score (nSPS) is 22.1. The lowest BCUT2D eigenvalue weighted by atomic mass is 9.96. The van der Waals surface area contributed by atoms with Crippen LogP contribution < -0.4 is 22.1 Å². The maximum Gasteiger partial charge on any atom is 0.326 e. The van der Waals surface area contributed by atoms with E-state index in [4.69, 9.17) is 11.5 Å². The average Bonchev–Trinajstić information content (AvgIpc) is 2.79. The minimum absolute atomic E-state index is 0.0500. The van der Waals surface area contributed by atoms with Crippen molar-refractivity contribution in [1.29, 1.82) is 0 Å². The summed E-state index contributed by atoms with van der Waals surface area (Å²) in [6.07, 6.45) is -1.90. The topological polar surface area (TPSA) is 188 Å². The van der Waals surface area contributed by atoms with Crippen LogP contribution in [0, 0.1) is 5.82 Å². The molecule has 0 unspecified atom stereocenters. The summed E-state index contributed by atoms with van der Waals surface area (Å²) in [6.45, 7) is -0.202. The van der Waals surface area contributed by atoms with Crippen LogP contribution >= 0.6 is 0 Å². The number of phenolic OH excluding ortho intramolecular Hbond substituents is 1. The molecule has 2 aromatic rings. The standard InChI is InChI=1S/C23H27FN4O6/c24-16-3-1-11-5-13(16)8-19(23(33)34)28-22(32)18(9-15(29)10-25)27-21(31)17(26)7-14-6-12(11)2-4-20(14)30/h1-6,15,17-19,29-30H,7-10,25-26H2,(H,27,31)(H,28,32)(H,33,34)/t15-,17+,18+,19+/m1/s1. The summed E-state index contributed by atoms with van der Waals surface area (Å²) >= 11 is 0. The highest BCUT2D eigenvalue weighted by atomic mass is 19.1. The summed E-state index contributed by atoms with van der Waals surface area (Å²) in [7, 11) is 0. The maximum atomic E-state index is 14.5. The van der Waals surface area contributed by atoms with Crippen molar-refractivity contribution >= 4 is 17.8 Å². The molecule has 182 valence electrons. The van der Waals surface area contributed by atoms with Gasteiger partial charge in [0.25, 0.3) is 0 Å². The second kappa shape index (κ2) is 10.6. The number of hydrogen-bond donors (Lipinski definition) is 7. The Morgan fingerprint density at radius 3 is 2.35 bits per heavy atom. The molecule has 9 N–H and O–H groups in total. The largest absolute Gasteiger partial charge is 0.508 e. The minimum atomic E-state index is -1.51. The quantitative estimate of drug-likeness (QED) is 0.305. The Bertz CT molecular complexity index is 1100. The number of aromatic hydroxyl groups is 1. The van der Waals surface area contributed by atoms with Crippen molar-refractivity contribution in [2.75, 3.05) is 6.54 Å². The fraction of sp³-hybridized carbons (Fsp3) is 0.348. The number of aliphatic hydroxyl groups is 1. The van der Waals surface area contributed by atoms with Crippen molar-refractivity contribution in [1.82, 2.24) is 10.6 Å². The van der Waals surface area contributed by atoms with Gasteiger partial charge in [-0.05, 0) is 46.5 Å². The van der Waals surface area contributed by atoms with Gasteiger partial charge in [0, 0.05) is 25.8 Å². The van der Waals surface area contributed by atoms with E-state index in [1.54, 1.807) is 12.1 Å². The van der Waals surface area contributed by atoms with E-state index in [2.05, 4.69) is 10.6 Å². The molecule has 0 radical (unpaired) electrons. The lowest BCUT2D eigenvalue weighted by Crippen LogP contribution is -2.56. The Morgan fingerprint density at radius 2 is 1.71 bits per heavy atom. The van der Waals surface area contributed by atoms with Crippen LogP contribution in [0.15, 0.2) is 36.4 Å². The molecule has 2 amide bonds. The average molecular weight is 474 g/mol. The molecule has 4 bridgehead atoms. The highest BCUT2D eigenvalue weighted by Gasteiger charge is 2.30. The van der Waals surface area contributed by atoms with E-state index in [0.29, 0.717) is 16.7 Å². The smallest absolute Gasteiger partial charge is 0.326 e. The molecule has 1 aliphatic heterocycles. The molecular weight excluding hydrogens is 447 g/mol. The molecule has 10 nitrogen and oxygen atoms in total. The van der Waals surface area contributed by atoms with Crippen molar-refractivity contribution in [3.05, 3.63) is 53.3 Å². The number of carbonyl (C=O) groups excluding carboxylic acids is 2. The zero-order valence-corrected chi connectivity index (χ0v) is 18.2. The number of aliphatic carboxylic acids is 1. The summed E-state index contributed by atoms with van der Waals surface area (Å²) in [5.74, 6) is -3.80. The number of hydrogen-bond acceptors (Lipinski definition) is 7. The first-order valence-electron chi connectivity index (χ1n) is 10.7. The third-order valence-electron chi connectivity index (χ3n) is 5.69. The van der Waals surface area contributed by atoms with Gasteiger partial charge in [-0.15, -0.1) is 0 Å². The number of carboxylic acids is 1. The van der Waals surface area contributed by atoms with Gasteiger partial charge in [0.05, 0.1) is 12.1 Å². The van der Waals surface area contributed by atoms with E-state index in [0.717, 1.165) is 0 Å². The van der Waals surface area contributed by atoms with Crippen LogP contribution in [0.4, 0.5) is 4.39 Å². The van der Waals surface area contributed by atoms with E-state index in [-0.39, 0.29) is 37.1 Å². The van der Waals surface area contributed by atoms with Gasteiger partial charge in [0.15, 0.2) is 0 Å². The number of aliphatic hydroxyl groups excluding tert-OH is 1. The zero-order chi connectivity index (χ0) is 25.0. The minimum Gasteiger partial charge on any atom is -0.508 e. The Labute approximate surface area is 194 Å². The van der Waals surface area contributed by atoms with Crippen molar-refractivity contribution in [2.45, 2.75) is 43.5 Å². The number of fused-ring (bicyclic) bond motifs is 5. The number of carboxylic acid groups (broad SMARTS) is 1. The number of amides is 2. The zero-order valence-electron chi connectivity index (χ0n) is 18.2. The van der Waals surface area contributed by atoms with Crippen molar-refractivity contribution in [3.8, 4) is 16.9 Å². The molecule has 1 aliphatic rings. The first-order valence-corrected chi connectivity index (χ1v) is 10.7. The summed E-state index contributed by atoms with van der Waals surface area (Å²) < 4.78 is 14.5. The Morgan fingerprint density at radius 1 is 1.06 bits per heavy atom. The number of halogens is 1. The maximum absolute atomic E-state index is 14.5. The van der Waals surface area contributed by atoms with Gasteiger partial charge in [0.1, 0.15) is 23.7 Å². The van der Waals surface area contributed by atoms with Crippen LogP contribution in [0.3, 0.4) is 0 Å². The van der Waals surface area contributed by atoms with Gasteiger partial charge >= 0.3 is 5.97 Å². The second-order valence-corrected chi connectivity index (χ2v) is 8.25. The number of nitrogens with two attached hydrogens (primary N) is 2. The van der Waals surface area contributed by atoms with Gasteiger partial charge < -0.3 is 37.4 Å². The Hall–Kier alpha value is -3.54. The van der Waals surface area contributed by atoms with Crippen molar-refractivity contribution < 1.29 is 34.1 Å². The first kappa shape index (κ1) is 25.1. The van der Waals surface area contributed by atoms with Crippen LogP contribution in [-0.2, 0) is 27.2 Å². The second-order valence-electron chi connectivity index (χ2n) is 8.25. The third-order valence-corrected chi connectivity index (χ3v) is 5.69. The van der Waals surface area contributed by atoms with Crippen LogP contribution in [-0.4, -0.2) is 63.9 Å². The van der Waals surface area contributed by atoms with Crippen LogP contribution in [0.2, 0.25) is 0 Å². The highest BCUT2D eigenvalue weighted by Crippen LogP contribution is 2.28. The van der Waals surface area contributed by atoms with E-state index in [9.17, 15) is 34.1 Å². The van der Waals surface area contributed by atoms with Crippen LogP contribution in [0.25, 0.3) is 11.1 Å². The van der Waals surface area contributed by atoms with E-state index >= 15 is 0 Å². The summed E-state index contributed by atoms with van der Waals surface area (Å²) in [6, 6.07) is 4.74. The molecule has 0 saturated heterocycles.